The molecule has 0 spiro atoms. The van der Waals surface area contributed by atoms with Crippen LogP contribution < -0.4 is 0 Å². The van der Waals surface area contributed by atoms with Crippen molar-refractivity contribution in [1.29, 1.82) is 5.26 Å². The van der Waals surface area contributed by atoms with Crippen LogP contribution in [-0.4, -0.2) is 11.2 Å². The Morgan fingerprint density at radius 1 is 1.71 bits per heavy atom. The third kappa shape index (κ3) is 2.22. The van der Waals surface area contributed by atoms with E-state index in [0.717, 1.165) is 0 Å². The first-order valence-corrected chi connectivity index (χ1v) is 5.30. The van der Waals surface area contributed by atoms with Gasteiger partial charge in [-0.2, -0.15) is 5.26 Å². The lowest BCUT2D eigenvalue weighted by molar-refractivity contribution is 0.900. The zero-order valence-electron chi connectivity index (χ0n) is 7.27. The maximum absolute atomic E-state index is 10.2. The highest BCUT2D eigenvalue weighted by Gasteiger charge is 2.11. The van der Waals surface area contributed by atoms with Crippen LogP contribution in [0.4, 0.5) is 0 Å². The summed E-state index contributed by atoms with van der Waals surface area (Å²) in [6, 6.07) is 5.10. The van der Waals surface area contributed by atoms with E-state index in [1.165, 1.54) is 17.8 Å². The molecular formula is C8H6ClN3OS. The van der Waals surface area contributed by atoms with Gasteiger partial charge >= 0.3 is 0 Å². The summed E-state index contributed by atoms with van der Waals surface area (Å²) in [7, 11) is 0. The van der Waals surface area contributed by atoms with Crippen LogP contribution in [0.15, 0.2) is 22.3 Å². The zero-order valence-corrected chi connectivity index (χ0v) is 8.84. The summed E-state index contributed by atoms with van der Waals surface area (Å²) in [5.74, 6) is 0. The number of thioether (sulfide) groups is 1. The van der Waals surface area contributed by atoms with Crippen molar-refractivity contribution in [3.63, 3.8) is 0 Å². The van der Waals surface area contributed by atoms with Crippen molar-refractivity contribution in [1.82, 2.24) is 4.98 Å². The van der Waals surface area contributed by atoms with Crippen LogP contribution in [-0.2, 0) is 0 Å². The van der Waals surface area contributed by atoms with Gasteiger partial charge in [0.05, 0.1) is 11.3 Å². The van der Waals surface area contributed by atoms with Crippen molar-refractivity contribution in [3.05, 3.63) is 28.3 Å². The Balaban J connectivity index is 3.15. The maximum atomic E-state index is 10.2. The van der Waals surface area contributed by atoms with E-state index in [-0.39, 0.29) is 0 Å². The lowest BCUT2D eigenvalue weighted by Crippen LogP contribution is -1.94. The van der Waals surface area contributed by atoms with Crippen molar-refractivity contribution in [3.8, 4) is 6.07 Å². The summed E-state index contributed by atoms with van der Waals surface area (Å²) in [6.07, 6.45) is 1.80. The number of alkyl halides is 1. The van der Waals surface area contributed by atoms with Gasteiger partial charge in [-0.05, 0) is 23.6 Å². The normalized spacial score (nSPS) is 11.8. The first-order valence-electron chi connectivity index (χ1n) is 3.64. The molecule has 0 fully saturated rings. The second-order valence-electron chi connectivity index (χ2n) is 2.35. The van der Waals surface area contributed by atoms with Crippen LogP contribution in [0.1, 0.15) is 16.8 Å². The number of rotatable bonds is 3. The van der Waals surface area contributed by atoms with Crippen LogP contribution in [0.25, 0.3) is 0 Å². The third-order valence-electron chi connectivity index (χ3n) is 1.53. The Morgan fingerprint density at radius 3 is 2.93 bits per heavy atom. The smallest absolute Gasteiger partial charge is 0.207 e. The third-order valence-corrected chi connectivity index (χ3v) is 2.53. The molecule has 1 heterocycles. The Bertz CT molecular complexity index is 391. The molecule has 0 aliphatic carbocycles. The molecule has 1 aromatic heterocycles. The molecule has 14 heavy (non-hydrogen) atoms. The van der Waals surface area contributed by atoms with Crippen molar-refractivity contribution in [2.24, 2.45) is 5.18 Å². The lowest BCUT2D eigenvalue weighted by atomic mass is 10.2. The highest BCUT2D eigenvalue weighted by Crippen LogP contribution is 2.24. The summed E-state index contributed by atoms with van der Waals surface area (Å²) >= 11 is 6.91. The average molecular weight is 228 g/mol. The number of pyridine rings is 1. The van der Waals surface area contributed by atoms with Gasteiger partial charge in [0.15, 0.2) is 0 Å². The summed E-state index contributed by atoms with van der Waals surface area (Å²) in [5.41, 5.74) is -0.158. The molecule has 0 radical (unpaired) electrons. The fourth-order valence-corrected chi connectivity index (χ4v) is 1.53. The predicted molar refractivity (Wildman–Crippen MR) is 55.1 cm³/mol. The Hall–Kier alpha value is -1.12. The molecule has 0 bridgehead atoms. The maximum Gasteiger partial charge on any atom is 0.207 e. The van der Waals surface area contributed by atoms with Gasteiger partial charge in [-0.25, -0.2) is 4.98 Å². The largest absolute Gasteiger partial charge is 0.241 e. The highest BCUT2D eigenvalue weighted by molar-refractivity contribution is 7.98. The first kappa shape index (κ1) is 11.0. The van der Waals surface area contributed by atoms with E-state index >= 15 is 0 Å². The number of aromatic nitrogens is 1. The molecule has 1 atom stereocenters. The molecule has 0 amide bonds. The Kier molecular flexibility index (Phi) is 3.86. The number of halogens is 1. The molecule has 1 rings (SSSR count). The standard InChI is InChI=1S/C8H6ClN3OS/c1-14-8-5(4-10)2-3-6(11-8)7(9)12-13/h2-3,7H,1H3. The molecule has 1 aromatic rings. The van der Waals surface area contributed by atoms with Crippen LogP contribution >= 0.6 is 23.4 Å². The van der Waals surface area contributed by atoms with Crippen molar-refractivity contribution >= 4 is 23.4 Å². The Labute approximate surface area is 90.3 Å². The number of hydrogen-bond acceptors (Lipinski definition) is 5. The molecule has 72 valence electrons. The molecule has 0 aliphatic heterocycles. The molecular weight excluding hydrogens is 222 g/mol. The minimum atomic E-state index is -0.992. The van der Waals surface area contributed by atoms with Gasteiger partial charge in [-0.3, -0.25) is 0 Å². The number of nitroso groups, excluding NO2 is 1. The van der Waals surface area contributed by atoms with Gasteiger partial charge in [0.25, 0.3) is 0 Å². The summed E-state index contributed by atoms with van der Waals surface area (Å²) < 4.78 is 0. The molecule has 6 heteroatoms. The molecule has 4 nitrogen and oxygen atoms in total. The summed E-state index contributed by atoms with van der Waals surface area (Å²) in [6.45, 7) is 0. The first-order chi connectivity index (χ1) is 6.72. The molecule has 1 unspecified atom stereocenters. The van der Waals surface area contributed by atoms with Crippen molar-refractivity contribution in [2.75, 3.05) is 6.26 Å². The van der Waals surface area contributed by atoms with E-state index in [9.17, 15) is 4.91 Å². The summed E-state index contributed by atoms with van der Waals surface area (Å²) in [5, 5.41) is 11.9. The van der Waals surface area contributed by atoms with Crippen molar-refractivity contribution in [2.45, 2.75) is 10.5 Å². The average Bonchev–Trinajstić information content (AvgIpc) is 2.26. The van der Waals surface area contributed by atoms with Crippen LogP contribution in [0.5, 0.6) is 0 Å². The van der Waals surface area contributed by atoms with E-state index in [4.69, 9.17) is 16.9 Å². The molecule has 0 aromatic carbocycles. The van der Waals surface area contributed by atoms with E-state index < -0.39 is 5.50 Å². The molecule has 0 aliphatic rings. The van der Waals surface area contributed by atoms with Gasteiger partial charge in [0.1, 0.15) is 11.1 Å². The van der Waals surface area contributed by atoms with Gasteiger partial charge < -0.3 is 0 Å². The van der Waals surface area contributed by atoms with Crippen LogP contribution in [0.3, 0.4) is 0 Å². The monoisotopic (exact) mass is 227 g/mol. The quantitative estimate of drug-likeness (QED) is 0.345. The van der Waals surface area contributed by atoms with Gasteiger partial charge in [0.2, 0.25) is 5.50 Å². The Morgan fingerprint density at radius 2 is 2.43 bits per heavy atom. The SMILES string of the molecule is CSc1nc(C(Cl)N=O)ccc1C#N. The topological polar surface area (TPSA) is 66.1 Å². The van der Waals surface area contributed by atoms with E-state index in [1.807, 2.05) is 6.07 Å². The van der Waals surface area contributed by atoms with Crippen LogP contribution in [0.2, 0.25) is 0 Å². The number of nitriles is 1. The van der Waals surface area contributed by atoms with Gasteiger partial charge in [-0.1, -0.05) is 11.6 Å². The van der Waals surface area contributed by atoms with Gasteiger partial charge in [0, 0.05) is 0 Å². The van der Waals surface area contributed by atoms with E-state index in [1.54, 1.807) is 12.3 Å². The van der Waals surface area contributed by atoms with Gasteiger partial charge in [-0.15, -0.1) is 16.7 Å². The highest BCUT2D eigenvalue weighted by atomic mass is 35.5. The second-order valence-corrected chi connectivity index (χ2v) is 3.55. The van der Waals surface area contributed by atoms with E-state index in [2.05, 4.69) is 10.2 Å². The zero-order chi connectivity index (χ0) is 10.6. The lowest BCUT2D eigenvalue weighted by Gasteiger charge is -2.03. The fraction of sp³-hybridized carbons (Fsp3) is 0.250. The summed E-state index contributed by atoms with van der Waals surface area (Å²) in [4.78, 5) is 14.2. The van der Waals surface area contributed by atoms with Crippen molar-refractivity contribution < 1.29 is 0 Å². The van der Waals surface area contributed by atoms with Crippen LogP contribution in [0, 0.1) is 16.2 Å². The second kappa shape index (κ2) is 4.94. The van der Waals surface area contributed by atoms with E-state index in [0.29, 0.717) is 16.3 Å². The molecule has 0 saturated heterocycles. The predicted octanol–water partition coefficient (Wildman–Crippen LogP) is 2.68. The minimum absolute atomic E-state index is 0.366. The fourth-order valence-electron chi connectivity index (χ4n) is 0.882. The minimum Gasteiger partial charge on any atom is -0.241 e. The number of hydrogen-bond donors (Lipinski definition) is 0. The number of nitrogens with zero attached hydrogens (tertiary/aromatic N) is 3. The molecule has 0 N–H and O–H groups in total. The molecule has 0 saturated carbocycles.